The van der Waals surface area contributed by atoms with Gasteiger partial charge in [0.25, 0.3) is 11.1 Å². The third kappa shape index (κ3) is 6.41. The number of ether oxygens (including phenoxy) is 3. The van der Waals surface area contributed by atoms with E-state index in [0.29, 0.717) is 47.3 Å². The summed E-state index contributed by atoms with van der Waals surface area (Å²) in [5, 5.41) is 11.0. The van der Waals surface area contributed by atoms with Crippen LogP contribution in [0.4, 0.5) is 5.69 Å². The molecule has 0 aliphatic heterocycles. The van der Waals surface area contributed by atoms with Crippen LogP contribution >= 0.6 is 11.8 Å². The molecule has 0 atom stereocenters. The van der Waals surface area contributed by atoms with E-state index >= 15 is 0 Å². The Morgan fingerprint density at radius 3 is 2.57 bits per heavy atom. The SMILES string of the molecule is CCOc1ccc(OCC)c(NC(=O)CSc2nnc(COc3ccccc3)o2)c1. The second-order valence-electron chi connectivity index (χ2n) is 5.92. The van der Waals surface area contributed by atoms with Gasteiger partial charge < -0.3 is 23.9 Å². The summed E-state index contributed by atoms with van der Waals surface area (Å²) < 4.78 is 22.1. The average Bonchev–Trinajstić information content (AvgIpc) is 3.22. The zero-order chi connectivity index (χ0) is 21.2. The summed E-state index contributed by atoms with van der Waals surface area (Å²) in [5.74, 6) is 2.16. The minimum atomic E-state index is -0.227. The van der Waals surface area contributed by atoms with E-state index in [1.165, 1.54) is 0 Å². The molecule has 0 saturated heterocycles. The molecule has 8 nitrogen and oxygen atoms in total. The van der Waals surface area contributed by atoms with Gasteiger partial charge in [-0.05, 0) is 38.1 Å². The summed E-state index contributed by atoms with van der Waals surface area (Å²) >= 11 is 1.14. The lowest BCUT2D eigenvalue weighted by atomic mass is 10.2. The summed E-state index contributed by atoms with van der Waals surface area (Å²) in [4.78, 5) is 12.4. The van der Waals surface area contributed by atoms with Gasteiger partial charge in [-0.15, -0.1) is 10.2 Å². The number of carbonyl (C=O) groups is 1. The fraction of sp³-hybridized carbons (Fsp3) is 0.286. The number of nitrogens with one attached hydrogen (secondary N) is 1. The summed E-state index contributed by atoms with van der Waals surface area (Å²) in [6.45, 7) is 4.96. The molecule has 30 heavy (non-hydrogen) atoms. The molecule has 0 radical (unpaired) electrons. The average molecular weight is 429 g/mol. The van der Waals surface area contributed by atoms with Crippen LogP contribution in [0.2, 0.25) is 0 Å². The second-order valence-corrected chi connectivity index (χ2v) is 6.85. The molecular formula is C21H23N3O5S. The molecule has 158 valence electrons. The number of benzene rings is 2. The maximum Gasteiger partial charge on any atom is 0.277 e. The predicted molar refractivity (Wildman–Crippen MR) is 113 cm³/mol. The van der Waals surface area contributed by atoms with Gasteiger partial charge in [-0.25, -0.2) is 0 Å². The minimum Gasteiger partial charge on any atom is -0.494 e. The number of rotatable bonds is 11. The third-order valence-corrected chi connectivity index (χ3v) is 4.53. The van der Waals surface area contributed by atoms with Crippen LogP contribution in [0.3, 0.4) is 0 Å². The summed E-state index contributed by atoms with van der Waals surface area (Å²) in [6.07, 6.45) is 0. The van der Waals surface area contributed by atoms with Gasteiger partial charge in [0.2, 0.25) is 5.91 Å². The Morgan fingerprint density at radius 1 is 1.00 bits per heavy atom. The fourth-order valence-corrected chi connectivity index (χ4v) is 3.06. The van der Waals surface area contributed by atoms with Crippen molar-refractivity contribution in [3.05, 3.63) is 54.4 Å². The van der Waals surface area contributed by atoms with Gasteiger partial charge in [-0.1, -0.05) is 30.0 Å². The number of anilines is 1. The highest BCUT2D eigenvalue weighted by atomic mass is 32.2. The van der Waals surface area contributed by atoms with Gasteiger partial charge in [0.1, 0.15) is 17.2 Å². The van der Waals surface area contributed by atoms with E-state index in [2.05, 4.69) is 15.5 Å². The number of nitrogens with zero attached hydrogens (tertiary/aromatic N) is 2. The quantitative estimate of drug-likeness (QED) is 0.454. The molecule has 3 rings (SSSR count). The highest BCUT2D eigenvalue weighted by molar-refractivity contribution is 7.99. The van der Waals surface area contributed by atoms with E-state index in [-0.39, 0.29) is 18.3 Å². The first-order valence-electron chi connectivity index (χ1n) is 9.50. The van der Waals surface area contributed by atoms with Crippen LogP contribution in [0.25, 0.3) is 0 Å². The number of thioether (sulfide) groups is 1. The molecule has 0 bridgehead atoms. The van der Waals surface area contributed by atoms with Gasteiger partial charge in [0.15, 0.2) is 6.61 Å². The van der Waals surface area contributed by atoms with E-state index in [9.17, 15) is 4.79 Å². The molecule has 9 heteroatoms. The van der Waals surface area contributed by atoms with Crippen molar-refractivity contribution in [1.29, 1.82) is 0 Å². The van der Waals surface area contributed by atoms with E-state index in [1.807, 2.05) is 44.2 Å². The second kappa shape index (κ2) is 11.1. The molecule has 1 amide bonds. The fourth-order valence-electron chi connectivity index (χ4n) is 2.47. The Labute approximate surface area is 178 Å². The molecule has 0 fully saturated rings. The molecule has 0 aliphatic rings. The van der Waals surface area contributed by atoms with Crippen molar-refractivity contribution in [2.24, 2.45) is 0 Å². The van der Waals surface area contributed by atoms with Crippen LogP contribution in [0.5, 0.6) is 17.2 Å². The first-order chi connectivity index (χ1) is 14.7. The van der Waals surface area contributed by atoms with Gasteiger partial charge in [0.05, 0.1) is 24.7 Å². The molecule has 0 unspecified atom stereocenters. The summed E-state index contributed by atoms with van der Waals surface area (Å²) in [7, 11) is 0. The van der Waals surface area contributed by atoms with E-state index < -0.39 is 0 Å². The van der Waals surface area contributed by atoms with Crippen molar-refractivity contribution < 1.29 is 23.4 Å². The number of aromatic nitrogens is 2. The Morgan fingerprint density at radius 2 is 1.80 bits per heavy atom. The highest BCUT2D eigenvalue weighted by Crippen LogP contribution is 2.30. The van der Waals surface area contributed by atoms with E-state index in [4.69, 9.17) is 18.6 Å². The largest absolute Gasteiger partial charge is 0.494 e. The minimum absolute atomic E-state index is 0.103. The standard InChI is InChI=1S/C21H23N3O5S/c1-3-26-16-10-11-18(27-4-2)17(12-16)22-19(25)14-30-21-24-23-20(29-21)13-28-15-8-6-5-7-9-15/h5-12H,3-4,13-14H2,1-2H3,(H,22,25). The lowest BCUT2D eigenvalue weighted by Gasteiger charge is -2.13. The number of carbonyl (C=O) groups excluding carboxylic acids is 1. The summed E-state index contributed by atoms with van der Waals surface area (Å²) in [6, 6.07) is 14.7. The van der Waals surface area contributed by atoms with Crippen LogP contribution < -0.4 is 19.5 Å². The normalized spacial score (nSPS) is 10.5. The van der Waals surface area contributed by atoms with Crippen LogP contribution in [0.15, 0.2) is 58.2 Å². The lowest BCUT2D eigenvalue weighted by molar-refractivity contribution is -0.113. The van der Waals surface area contributed by atoms with Crippen LogP contribution in [0.1, 0.15) is 19.7 Å². The van der Waals surface area contributed by atoms with Gasteiger partial charge in [-0.2, -0.15) is 0 Å². The van der Waals surface area contributed by atoms with E-state index in [0.717, 1.165) is 11.8 Å². The van der Waals surface area contributed by atoms with Crippen molar-refractivity contribution in [2.45, 2.75) is 25.7 Å². The van der Waals surface area contributed by atoms with Crippen molar-refractivity contribution in [3.8, 4) is 17.2 Å². The Hall–Kier alpha value is -3.20. The molecule has 1 N–H and O–H groups in total. The predicted octanol–water partition coefficient (Wildman–Crippen LogP) is 4.18. The maximum atomic E-state index is 12.4. The molecule has 1 heterocycles. The zero-order valence-corrected chi connectivity index (χ0v) is 17.6. The highest BCUT2D eigenvalue weighted by Gasteiger charge is 2.13. The first kappa shape index (κ1) is 21.5. The molecule has 1 aromatic heterocycles. The third-order valence-electron chi connectivity index (χ3n) is 3.72. The smallest absolute Gasteiger partial charge is 0.277 e. The first-order valence-corrected chi connectivity index (χ1v) is 10.5. The molecule has 0 saturated carbocycles. The maximum absolute atomic E-state index is 12.4. The van der Waals surface area contributed by atoms with E-state index in [1.54, 1.807) is 18.2 Å². The van der Waals surface area contributed by atoms with Crippen molar-refractivity contribution >= 4 is 23.4 Å². The van der Waals surface area contributed by atoms with Crippen LogP contribution in [0, 0.1) is 0 Å². The van der Waals surface area contributed by atoms with Gasteiger partial charge in [0, 0.05) is 6.07 Å². The van der Waals surface area contributed by atoms with Gasteiger partial charge >= 0.3 is 0 Å². The van der Waals surface area contributed by atoms with Crippen molar-refractivity contribution in [2.75, 3.05) is 24.3 Å². The Bertz CT molecular complexity index is 949. The van der Waals surface area contributed by atoms with Crippen LogP contribution in [-0.2, 0) is 11.4 Å². The van der Waals surface area contributed by atoms with Crippen molar-refractivity contribution in [1.82, 2.24) is 10.2 Å². The molecule has 0 aliphatic carbocycles. The monoisotopic (exact) mass is 429 g/mol. The number of para-hydroxylation sites is 1. The number of hydrogen-bond acceptors (Lipinski definition) is 8. The molecule has 2 aromatic carbocycles. The number of hydrogen-bond donors (Lipinski definition) is 1. The van der Waals surface area contributed by atoms with Gasteiger partial charge in [-0.3, -0.25) is 4.79 Å². The molecule has 3 aromatic rings. The molecular weight excluding hydrogens is 406 g/mol. The summed E-state index contributed by atoms with van der Waals surface area (Å²) in [5.41, 5.74) is 0.552. The Kier molecular flexibility index (Phi) is 7.96. The molecule has 0 spiro atoms. The lowest BCUT2D eigenvalue weighted by Crippen LogP contribution is -2.15. The topological polar surface area (TPSA) is 95.7 Å². The number of amides is 1. The zero-order valence-electron chi connectivity index (χ0n) is 16.8. The van der Waals surface area contributed by atoms with Crippen molar-refractivity contribution in [3.63, 3.8) is 0 Å². The Balaban J connectivity index is 1.52. The van der Waals surface area contributed by atoms with Crippen LogP contribution in [-0.4, -0.2) is 35.1 Å².